The molecule has 0 aliphatic rings. The van der Waals surface area contributed by atoms with Crippen LogP contribution in [0.4, 0.5) is 0 Å². The van der Waals surface area contributed by atoms with Gasteiger partial charge in [0.1, 0.15) is 5.75 Å². The van der Waals surface area contributed by atoms with Gasteiger partial charge >= 0.3 is 0 Å². The Bertz CT molecular complexity index is 554. The van der Waals surface area contributed by atoms with Crippen molar-refractivity contribution in [3.63, 3.8) is 0 Å². The molecule has 0 amide bonds. The van der Waals surface area contributed by atoms with Gasteiger partial charge in [-0.1, -0.05) is 35.9 Å². The largest absolute Gasteiger partial charge is 0.496 e. The van der Waals surface area contributed by atoms with Crippen LogP contribution in [0.25, 0.3) is 0 Å². The molecule has 2 aromatic rings. The van der Waals surface area contributed by atoms with E-state index in [9.17, 15) is 0 Å². The van der Waals surface area contributed by atoms with Gasteiger partial charge < -0.3 is 4.74 Å². The first kappa shape index (κ1) is 13.4. The minimum atomic E-state index is -0.146. The van der Waals surface area contributed by atoms with Gasteiger partial charge in [-0.3, -0.25) is 0 Å². The Morgan fingerprint density at radius 3 is 2.44 bits per heavy atom. The molecule has 18 heavy (non-hydrogen) atoms. The quantitative estimate of drug-likeness (QED) is 0.714. The van der Waals surface area contributed by atoms with Crippen molar-refractivity contribution in [2.75, 3.05) is 7.11 Å². The summed E-state index contributed by atoms with van der Waals surface area (Å²) >= 11 is 9.99. The highest BCUT2D eigenvalue weighted by Gasteiger charge is 2.12. The molecule has 3 heteroatoms. The van der Waals surface area contributed by atoms with Gasteiger partial charge in [-0.2, -0.15) is 0 Å². The van der Waals surface area contributed by atoms with Crippen LogP contribution in [0.3, 0.4) is 0 Å². The molecule has 0 fully saturated rings. The summed E-state index contributed by atoms with van der Waals surface area (Å²) in [6.07, 6.45) is 0. The molecule has 0 aliphatic heterocycles. The summed E-state index contributed by atoms with van der Waals surface area (Å²) in [7, 11) is 1.65. The standard InChI is InChI=1S/C15H14BrClO/c1-10-4-3-5-11(8-10)15(17)12-6-7-14(18-2)13(16)9-12/h3-9,15H,1-2H3. The summed E-state index contributed by atoms with van der Waals surface area (Å²) in [5.74, 6) is 0.812. The Hall–Kier alpha value is -0.990. The van der Waals surface area contributed by atoms with Gasteiger partial charge in [0.2, 0.25) is 0 Å². The van der Waals surface area contributed by atoms with Crippen molar-refractivity contribution in [1.82, 2.24) is 0 Å². The molecule has 0 saturated heterocycles. The first-order valence-corrected chi connectivity index (χ1v) is 6.89. The van der Waals surface area contributed by atoms with Crippen molar-refractivity contribution in [1.29, 1.82) is 0 Å². The fourth-order valence-electron chi connectivity index (χ4n) is 1.86. The second-order valence-corrected chi connectivity index (χ2v) is 5.46. The lowest BCUT2D eigenvalue weighted by molar-refractivity contribution is 0.412. The number of methoxy groups -OCH3 is 1. The third-order valence-electron chi connectivity index (χ3n) is 2.80. The summed E-state index contributed by atoms with van der Waals surface area (Å²) in [6.45, 7) is 2.07. The molecule has 1 unspecified atom stereocenters. The van der Waals surface area contributed by atoms with Crippen LogP contribution in [0.1, 0.15) is 22.1 Å². The Morgan fingerprint density at radius 2 is 1.83 bits per heavy atom. The summed E-state index contributed by atoms with van der Waals surface area (Å²) in [5, 5.41) is -0.146. The van der Waals surface area contributed by atoms with Crippen LogP contribution in [0.15, 0.2) is 46.9 Å². The van der Waals surface area contributed by atoms with Gasteiger partial charge in [-0.05, 0) is 46.1 Å². The molecule has 2 rings (SSSR count). The van der Waals surface area contributed by atoms with Gasteiger partial charge in [-0.15, -0.1) is 11.6 Å². The molecule has 0 aliphatic carbocycles. The first-order chi connectivity index (χ1) is 8.61. The number of alkyl halides is 1. The normalized spacial score (nSPS) is 12.2. The predicted octanol–water partition coefficient (Wildman–Crippen LogP) is 5.09. The Labute approximate surface area is 121 Å². The smallest absolute Gasteiger partial charge is 0.133 e. The zero-order valence-corrected chi connectivity index (χ0v) is 12.6. The highest BCUT2D eigenvalue weighted by molar-refractivity contribution is 9.10. The van der Waals surface area contributed by atoms with E-state index in [4.69, 9.17) is 16.3 Å². The predicted molar refractivity (Wildman–Crippen MR) is 79.6 cm³/mol. The Balaban J connectivity index is 2.34. The second kappa shape index (κ2) is 5.77. The number of ether oxygens (including phenoxy) is 1. The zero-order valence-electron chi connectivity index (χ0n) is 10.3. The van der Waals surface area contributed by atoms with Crippen LogP contribution in [0, 0.1) is 6.92 Å². The van der Waals surface area contributed by atoms with E-state index in [1.165, 1.54) is 5.56 Å². The van der Waals surface area contributed by atoms with Gasteiger partial charge in [-0.25, -0.2) is 0 Å². The fraction of sp³-hybridized carbons (Fsp3) is 0.200. The molecule has 0 saturated carbocycles. The van der Waals surface area contributed by atoms with E-state index in [2.05, 4.69) is 35.0 Å². The number of halogens is 2. The summed E-state index contributed by atoms with van der Waals surface area (Å²) in [4.78, 5) is 0. The van der Waals surface area contributed by atoms with Gasteiger partial charge in [0.25, 0.3) is 0 Å². The van der Waals surface area contributed by atoms with Crippen LogP contribution >= 0.6 is 27.5 Å². The summed E-state index contributed by atoms with van der Waals surface area (Å²) < 4.78 is 6.13. The number of benzene rings is 2. The lowest BCUT2D eigenvalue weighted by atomic mass is 10.0. The highest BCUT2D eigenvalue weighted by atomic mass is 79.9. The molecule has 2 aromatic carbocycles. The molecule has 0 radical (unpaired) electrons. The lowest BCUT2D eigenvalue weighted by Gasteiger charge is -2.13. The van der Waals surface area contributed by atoms with Crippen molar-refractivity contribution in [2.24, 2.45) is 0 Å². The van der Waals surface area contributed by atoms with Crippen LogP contribution in [-0.4, -0.2) is 7.11 Å². The zero-order chi connectivity index (χ0) is 13.1. The van der Waals surface area contributed by atoms with Gasteiger partial charge in [0.05, 0.1) is 17.0 Å². The van der Waals surface area contributed by atoms with Crippen LogP contribution < -0.4 is 4.74 Å². The molecule has 0 aromatic heterocycles. The third-order valence-corrected chi connectivity index (χ3v) is 3.93. The molecular weight excluding hydrogens is 312 g/mol. The van der Waals surface area contributed by atoms with Crippen molar-refractivity contribution < 1.29 is 4.74 Å². The number of rotatable bonds is 3. The van der Waals surface area contributed by atoms with Crippen LogP contribution in [0.2, 0.25) is 0 Å². The van der Waals surface area contributed by atoms with E-state index in [0.29, 0.717) is 0 Å². The van der Waals surface area contributed by atoms with E-state index in [-0.39, 0.29) is 5.38 Å². The number of hydrogen-bond acceptors (Lipinski definition) is 1. The highest BCUT2D eigenvalue weighted by Crippen LogP contribution is 2.34. The average Bonchev–Trinajstić information content (AvgIpc) is 2.37. The molecule has 0 N–H and O–H groups in total. The second-order valence-electron chi connectivity index (χ2n) is 4.17. The SMILES string of the molecule is COc1ccc(C(Cl)c2cccc(C)c2)cc1Br. The minimum absolute atomic E-state index is 0.146. The molecule has 1 atom stereocenters. The minimum Gasteiger partial charge on any atom is -0.496 e. The number of aryl methyl sites for hydroxylation is 1. The molecule has 94 valence electrons. The summed E-state index contributed by atoms with van der Waals surface area (Å²) in [5.41, 5.74) is 3.37. The molecule has 0 spiro atoms. The van der Waals surface area contributed by atoms with Crippen molar-refractivity contribution >= 4 is 27.5 Å². The van der Waals surface area contributed by atoms with Gasteiger partial charge in [0, 0.05) is 0 Å². The van der Waals surface area contributed by atoms with E-state index in [1.54, 1.807) is 7.11 Å². The number of hydrogen-bond donors (Lipinski definition) is 0. The monoisotopic (exact) mass is 324 g/mol. The summed E-state index contributed by atoms with van der Waals surface area (Å²) in [6, 6.07) is 14.2. The topological polar surface area (TPSA) is 9.23 Å². The Morgan fingerprint density at radius 1 is 1.11 bits per heavy atom. The first-order valence-electron chi connectivity index (χ1n) is 5.66. The van der Waals surface area contributed by atoms with Crippen LogP contribution in [0.5, 0.6) is 5.75 Å². The maximum atomic E-state index is 6.51. The van der Waals surface area contributed by atoms with Crippen LogP contribution in [-0.2, 0) is 0 Å². The molecule has 0 heterocycles. The Kier molecular flexibility index (Phi) is 4.31. The van der Waals surface area contributed by atoms with Crippen molar-refractivity contribution in [3.8, 4) is 5.75 Å². The van der Waals surface area contributed by atoms with E-state index < -0.39 is 0 Å². The maximum Gasteiger partial charge on any atom is 0.133 e. The molecule has 1 nitrogen and oxygen atoms in total. The van der Waals surface area contributed by atoms with Gasteiger partial charge in [0.15, 0.2) is 0 Å². The fourth-order valence-corrected chi connectivity index (χ4v) is 2.69. The van der Waals surface area contributed by atoms with E-state index in [1.807, 2.05) is 30.3 Å². The molecule has 0 bridgehead atoms. The van der Waals surface area contributed by atoms with E-state index >= 15 is 0 Å². The molecular formula is C15H14BrClO. The van der Waals surface area contributed by atoms with E-state index in [0.717, 1.165) is 21.3 Å². The maximum absolute atomic E-state index is 6.51. The van der Waals surface area contributed by atoms with Crippen molar-refractivity contribution in [2.45, 2.75) is 12.3 Å². The lowest BCUT2D eigenvalue weighted by Crippen LogP contribution is -1.95. The average molecular weight is 326 g/mol. The third kappa shape index (κ3) is 2.88. The van der Waals surface area contributed by atoms with Crippen molar-refractivity contribution in [3.05, 3.63) is 63.6 Å².